The van der Waals surface area contributed by atoms with Crippen molar-refractivity contribution < 1.29 is 0 Å². The van der Waals surface area contributed by atoms with Crippen LogP contribution in [0.5, 0.6) is 0 Å². The summed E-state index contributed by atoms with van der Waals surface area (Å²) in [6, 6.07) is 1.71. The molecule has 0 saturated heterocycles. The molecule has 2 aliphatic carbocycles. The molecule has 0 aromatic rings. The highest BCUT2D eigenvalue weighted by molar-refractivity contribution is 7.99. The molecule has 0 atom stereocenters. The van der Waals surface area contributed by atoms with E-state index in [0.717, 1.165) is 23.3 Å². The monoisotopic (exact) mass is 213 g/mol. The van der Waals surface area contributed by atoms with Crippen LogP contribution in [0.2, 0.25) is 0 Å². The molecule has 0 aromatic carbocycles. The van der Waals surface area contributed by atoms with Crippen molar-refractivity contribution in [1.82, 2.24) is 5.32 Å². The van der Waals surface area contributed by atoms with Gasteiger partial charge in [-0.15, -0.1) is 0 Å². The Morgan fingerprint density at radius 1 is 1.00 bits per heavy atom. The van der Waals surface area contributed by atoms with E-state index in [4.69, 9.17) is 0 Å². The molecule has 0 bridgehead atoms. The highest BCUT2D eigenvalue weighted by Crippen LogP contribution is 2.31. The van der Waals surface area contributed by atoms with Crippen LogP contribution in [0, 0.1) is 5.92 Å². The molecule has 0 heterocycles. The molecule has 2 rings (SSSR count). The molecule has 0 unspecified atom stereocenters. The van der Waals surface area contributed by atoms with Crippen molar-refractivity contribution in [2.45, 2.75) is 62.8 Å². The average Bonchev–Trinajstić information content (AvgIpc) is 2.17. The van der Waals surface area contributed by atoms with Crippen molar-refractivity contribution in [1.29, 1.82) is 0 Å². The van der Waals surface area contributed by atoms with Gasteiger partial charge in [-0.05, 0) is 50.7 Å². The third-order valence-corrected chi connectivity index (χ3v) is 4.99. The molecule has 14 heavy (non-hydrogen) atoms. The van der Waals surface area contributed by atoms with E-state index >= 15 is 0 Å². The first-order chi connectivity index (χ1) is 6.78. The summed E-state index contributed by atoms with van der Waals surface area (Å²) in [5.41, 5.74) is 0. The Hall–Kier alpha value is 0.310. The molecule has 2 heteroatoms. The molecule has 0 aliphatic heterocycles. The molecule has 1 nitrogen and oxygen atoms in total. The summed E-state index contributed by atoms with van der Waals surface area (Å²) in [6.45, 7) is 2.36. The van der Waals surface area contributed by atoms with Crippen LogP contribution >= 0.6 is 11.8 Å². The van der Waals surface area contributed by atoms with Gasteiger partial charge in [0.15, 0.2) is 0 Å². The molecule has 0 radical (unpaired) electrons. The van der Waals surface area contributed by atoms with Crippen LogP contribution in [0.4, 0.5) is 0 Å². The van der Waals surface area contributed by atoms with Gasteiger partial charge in [0.25, 0.3) is 0 Å². The van der Waals surface area contributed by atoms with Crippen molar-refractivity contribution in [3.05, 3.63) is 0 Å². The molecule has 2 fully saturated rings. The lowest BCUT2D eigenvalue weighted by molar-refractivity contribution is 0.205. The van der Waals surface area contributed by atoms with Crippen molar-refractivity contribution >= 4 is 11.8 Å². The third-order valence-electron chi connectivity index (χ3n) is 3.85. The SMILES string of the molecule is CSC1CCC(NC2CC(C)C2)CC1. The Kier molecular flexibility index (Phi) is 3.78. The van der Waals surface area contributed by atoms with Gasteiger partial charge in [0.05, 0.1) is 0 Å². The first kappa shape index (κ1) is 10.8. The van der Waals surface area contributed by atoms with E-state index < -0.39 is 0 Å². The molecule has 0 amide bonds. The first-order valence-electron chi connectivity index (χ1n) is 6.06. The van der Waals surface area contributed by atoms with Gasteiger partial charge in [-0.25, -0.2) is 0 Å². The molecule has 0 aromatic heterocycles. The van der Waals surface area contributed by atoms with E-state index in [0.29, 0.717) is 0 Å². The minimum absolute atomic E-state index is 0.843. The highest BCUT2D eigenvalue weighted by Gasteiger charge is 2.28. The van der Waals surface area contributed by atoms with Gasteiger partial charge in [0, 0.05) is 17.3 Å². The van der Waals surface area contributed by atoms with Crippen LogP contribution in [0.25, 0.3) is 0 Å². The second-order valence-electron chi connectivity index (χ2n) is 5.15. The topological polar surface area (TPSA) is 12.0 Å². The Bertz CT molecular complexity index is 169. The maximum Gasteiger partial charge on any atom is 0.00747 e. The van der Waals surface area contributed by atoms with Crippen LogP contribution in [0.15, 0.2) is 0 Å². The fourth-order valence-corrected chi connectivity index (χ4v) is 3.58. The van der Waals surface area contributed by atoms with Gasteiger partial charge in [-0.1, -0.05) is 6.92 Å². The first-order valence-corrected chi connectivity index (χ1v) is 7.35. The Balaban J connectivity index is 1.64. The van der Waals surface area contributed by atoms with Crippen LogP contribution < -0.4 is 5.32 Å². The molecule has 2 aliphatic rings. The van der Waals surface area contributed by atoms with E-state index in [1.807, 2.05) is 0 Å². The minimum Gasteiger partial charge on any atom is -0.311 e. The van der Waals surface area contributed by atoms with Gasteiger partial charge in [0.1, 0.15) is 0 Å². The largest absolute Gasteiger partial charge is 0.311 e. The van der Waals surface area contributed by atoms with Gasteiger partial charge in [0.2, 0.25) is 0 Å². The maximum absolute atomic E-state index is 3.82. The second-order valence-corrected chi connectivity index (χ2v) is 6.29. The zero-order chi connectivity index (χ0) is 9.97. The van der Waals surface area contributed by atoms with E-state index in [1.165, 1.54) is 38.5 Å². The summed E-state index contributed by atoms with van der Waals surface area (Å²) < 4.78 is 0. The van der Waals surface area contributed by atoms with E-state index in [1.54, 1.807) is 0 Å². The molecule has 0 spiro atoms. The molecule has 2 saturated carbocycles. The number of thioether (sulfide) groups is 1. The normalized spacial score (nSPS) is 43.3. The van der Waals surface area contributed by atoms with Crippen molar-refractivity contribution in [2.24, 2.45) is 5.92 Å². The standard InChI is InChI=1S/C12H23NS/c1-9-7-11(8-9)13-10-3-5-12(14-2)6-4-10/h9-13H,3-8H2,1-2H3. The van der Waals surface area contributed by atoms with Crippen LogP contribution in [0.1, 0.15) is 45.4 Å². The summed E-state index contributed by atoms with van der Waals surface area (Å²) >= 11 is 2.06. The lowest BCUT2D eigenvalue weighted by Crippen LogP contribution is -2.47. The molecule has 82 valence electrons. The summed E-state index contributed by atoms with van der Waals surface area (Å²) in [5.74, 6) is 0.982. The van der Waals surface area contributed by atoms with E-state index in [9.17, 15) is 0 Å². The van der Waals surface area contributed by atoms with Gasteiger partial charge in [-0.2, -0.15) is 11.8 Å². The van der Waals surface area contributed by atoms with Crippen molar-refractivity contribution in [3.63, 3.8) is 0 Å². The highest BCUT2D eigenvalue weighted by atomic mass is 32.2. The fourth-order valence-electron chi connectivity index (χ4n) is 2.84. The number of hydrogen-bond acceptors (Lipinski definition) is 2. The average molecular weight is 213 g/mol. The maximum atomic E-state index is 3.82. The third kappa shape index (κ3) is 2.66. The summed E-state index contributed by atoms with van der Waals surface area (Å²) in [6.07, 6.45) is 10.8. The summed E-state index contributed by atoms with van der Waals surface area (Å²) in [7, 11) is 0. The molecular formula is C12H23NS. The number of nitrogens with one attached hydrogen (secondary N) is 1. The Labute approximate surface area is 92.4 Å². The lowest BCUT2D eigenvalue weighted by atomic mass is 9.80. The minimum atomic E-state index is 0.843. The lowest BCUT2D eigenvalue weighted by Gasteiger charge is -2.38. The van der Waals surface area contributed by atoms with Gasteiger partial charge in [-0.3, -0.25) is 0 Å². The quantitative estimate of drug-likeness (QED) is 0.773. The number of hydrogen-bond donors (Lipinski definition) is 1. The number of rotatable bonds is 3. The van der Waals surface area contributed by atoms with Crippen molar-refractivity contribution in [3.8, 4) is 0 Å². The van der Waals surface area contributed by atoms with Crippen LogP contribution in [-0.2, 0) is 0 Å². The predicted molar refractivity (Wildman–Crippen MR) is 64.9 cm³/mol. The summed E-state index contributed by atoms with van der Waals surface area (Å²) in [5, 5.41) is 4.77. The molecular weight excluding hydrogens is 190 g/mol. The Morgan fingerprint density at radius 2 is 1.64 bits per heavy atom. The van der Waals surface area contributed by atoms with Crippen molar-refractivity contribution in [2.75, 3.05) is 6.26 Å². The fraction of sp³-hybridized carbons (Fsp3) is 1.00. The van der Waals surface area contributed by atoms with E-state index in [2.05, 4.69) is 30.3 Å². The second kappa shape index (κ2) is 4.89. The molecule has 1 N–H and O–H groups in total. The summed E-state index contributed by atoms with van der Waals surface area (Å²) in [4.78, 5) is 0. The van der Waals surface area contributed by atoms with Crippen LogP contribution in [0.3, 0.4) is 0 Å². The van der Waals surface area contributed by atoms with Gasteiger partial charge < -0.3 is 5.32 Å². The predicted octanol–water partition coefficient (Wildman–Crippen LogP) is 3.05. The van der Waals surface area contributed by atoms with Crippen LogP contribution in [-0.4, -0.2) is 23.6 Å². The van der Waals surface area contributed by atoms with E-state index in [-0.39, 0.29) is 0 Å². The smallest absolute Gasteiger partial charge is 0.00747 e. The van der Waals surface area contributed by atoms with Gasteiger partial charge >= 0.3 is 0 Å². The zero-order valence-corrected chi connectivity index (χ0v) is 10.3. The zero-order valence-electron chi connectivity index (χ0n) is 9.46. The Morgan fingerprint density at radius 3 is 2.14 bits per heavy atom.